The summed E-state index contributed by atoms with van der Waals surface area (Å²) in [6.45, 7) is 5.06. The van der Waals surface area contributed by atoms with Crippen molar-refractivity contribution in [1.29, 1.82) is 0 Å². The maximum absolute atomic E-state index is 10.0. The topological polar surface area (TPSA) is 52.9 Å². The second kappa shape index (κ2) is 6.78. The van der Waals surface area contributed by atoms with Gasteiger partial charge in [-0.15, -0.1) is 0 Å². The highest BCUT2D eigenvalue weighted by atomic mass is 16.5. The number of aromatic hydroxyl groups is 1. The van der Waals surface area contributed by atoms with Gasteiger partial charge in [-0.3, -0.25) is 4.90 Å². The van der Waals surface area contributed by atoms with E-state index in [1.165, 1.54) is 0 Å². The van der Waals surface area contributed by atoms with Gasteiger partial charge in [-0.2, -0.15) is 0 Å². The van der Waals surface area contributed by atoms with Crippen LogP contribution in [0.1, 0.15) is 31.7 Å². The van der Waals surface area contributed by atoms with Crippen molar-refractivity contribution in [3.05, 3.63) is 23.8 Å². The van der Waals surface area contributed by atoms with E-state index in [0.29, 0.717) is 25.4 Å². The second-order valence-corrected chi connectivity index (χ2v) is 5.17. The zero-order valence-corrected chi connectivity index (χ0v) is 11.5. The molecule has 1 heterocycles. The predicted molar refractivity (Wildman–Crippen MR) is 74.4 cm³/mol. The summed E-state index contributed by atoms with van der Waals surface area (Å²) in [5.74, 6) is 0.982. The van der Waals surface area contributed by atoms with Crippen LogP contribution in [0.3, 0.4) is 0 Å². The predicted octanol–water partition coefficient (Wildman–Crippen LogP) is 2.14. The van der Waals surface area contributed by atoms with Crippen LogP contribution in [0.25, 0.3) is 0 Å². The van der Waals surface area contributed by atoms with Crippen molar-refractivity contribution in [1.82, 2.24) is 4.90 Å². The van der Waals surface area contributed by atoms with Crippen LogP contribution in [0.15, 0.2) is 18.2 Å². The first-order chi connectivity index (χ1) is 9.19. The molecule has 19 heavy (non-hydrogen) atoms. The molecule has 1 aliphatic rings. The zero-order chi connectivity index (χ0) is 13.7. The molecule has 0 amide bonds. The van der Waals surface area contributed by atoms with Gasteiger partial charge in [-0.25, -0.2) is 0 Å². The summed E-state index contributed by atoms with van der Waals surface area (Å²) in [5.41, 5.74) is 0.887. The van der Waals surface area contributed by atoms with E-state index in [-0.39, 0.29) is 11.9 Å². The van der Waals surface area contributed by atoms with Crippen LogP contribution in [-0.4, -0.2) is 40.9 Å². The number of piperidine rings is 1. The molecule has 1 aliphatic heterocycles. The SMILES string of the molecule is CCCOc1ccc(CN2CCCC(O)C2)c(O)c1. The monoisotopic (exact) mass is 265 g/mol. The summed E-state index contributed by atoms with van der Waals surface area (Å²) in [4.78, 5) is 2.18. The lowest BCUT2D eigenvalue weighted by molar-refractivity contribution is 0.0664. The van der Waals surface area contributed by atoms with Gasteiger partial charge in [0.15, 0.2) is 0 Å². The first-order valence-corrected chi connectivity index (χ1v) is 7.04. The maximum Gasteiger partial charge on any atom is 0.123 e. The van der Waals surface area contributed by atoms with E-state index in [1.54, 1.807) is 6.07 Å². The molecule has 0 aliphatic carbocycles. The van der Waals surface area contributed by atoms with Crippen LogP contribution >= 0.6 is 0 Å². The van der Waals surface area contributed by atoms with E-state index < -0.39 is 0 Å². The number of rotatable bonds is 5. The van der Waals surface area contributed by atoms with Gasteiger partial charge in [-0.05, 0) is 31.9 Å². The number of ether oxygens (including phenoxy) is 1. The highest BCUT2D eigenvalue weighted by molar-refractivity contribution is 5.39. The normalized spacial score (nSPS) is 20.4. The minimum atomic E-state index is -0.233. The Labute approximate surface area is 114 Å². The summed E-state index contributed by atoms with van der Waals surface area (Å²) in [6.07, 6.45) is 2.61. The Morgan fingerprint density at radius 2 is 2.26 bits per heavy atom. The van der Waals surface area contributed by atoms with E-state index >= 15 is 0 Å². The van der Waals surface area contributed by atoms with Crippen LogP contribution in [0, 0.1) is 0 Å². The van der Waals surface area contributed by atoms with Crippen molar-refractivity contribution in [2.45, 2.75) is 38.8 Å². The van der Waals surface area contributed by atoms with Crippen LogP contribution in [0.4, 0.5) is 0 Å². The van der Waals surface area contributed by atoms with E-state index in [0.717, 1.165) is 31.4 Å². The van der Waals surface area contributed by atoms with E-state index in [9.17, 15) is 10.2 Å². The molecule has 1 saturated heterocycles. The minimum absolute atomic E-state index is 0.233. The Hall–Kier alpha value is -1.26. The molecule has 0 aromatic heterocycles. The number of β-amino-alcohol motifs (C(OH)–C–C–N with tert-alkyl or cyclic N) is 1. The number of hydrogen-bond donors (Lipinski definition) is 2. The molecule has 0 bridgehead atoms. The molecule has 0 radical (unpaired) electrons. The molecule has 1 fully saturated rings. The molecule has 4 nitrogen and oxygen atoms in total. The van der Waals surface area contributed by atoms with Gasteiger partial charge in [0, 0.05) is 24.7 Å². The molecule has 4 heteroatoms. The molecule has 0 saturated carbocycles. The van der Waals surface area contributed by atoms with Gasteiger partial charge >= 0.3 is 0 Å². The standard InChI is InChI=1S/C15H23NO3/c1-2-8-19-14-6-5-12(15(18)9-14)10-16-7-3-4-13(17)11-16/h5-6,9,13,17-18H,2-4,7-8,10-11H2,1H3. The average Bonchev–Trinajstić information content (AvgIpc) is 2.39. The van der Waals surface area contributed by atoms with Crippen molar-refractivity contribution in [2.75, 3.05) is 19.7 Å². The Morgan fingerprint density at radius 1 is 1.42 bits per heavy atom. The van der Waals surface area contributed by atoms with Gasteiger partial charge in [0.2, 0.25) is 0 Å². The third kappa shape index (κ3) is 4.11. The Morgan fingerprint density at radius 3 is 2.95 bits per heavy atom. The summed E-state index contributed by atoms with van der Waals surface area (Å²) >= 11 is 0. The number of benzene rings is 1. The third-order valence-electron chi connectivity index (χ3n) is 3.40. The van der Waals surface area contributed by atoms with E-state index in [4.69, 9.17) is 4.74 Å². The maximum atomic E-state index is 10.0. The quantitative estimate of drug-likeness (QED) is 0.856. The lowest BCUT2D eigenvalue weighted by atomic mass is 10.1. The van der Waals surface area contributed by atoms with E-state index in [1.807, 2.05) is 12.1 Å². The van der Waals surface area contributed by atoms with Gasteiger partial charge in [0.25, 0.3) is 0 Å². The number of aliphatic hydroxyl groups is 1. The van der Waals surface area contributed by atoms with Gasteiger partial charge in [0.1, 0.15) is 11.5 Å². The molecular formula is C15H23NO3. The van der Waals surface area contributed by atoms with Crippen LogP contribution < -0.4 is 4.74 Å². The molecule has 1 unspecified atom stereocenters. The summed E-state index contributed by atoms with van der Waals surface area (Å²) in [5, 5.41) is 19.7. The Balaban J connectivity index is 1.96. The molecule has 1 atom stereocenters. The van der Waals surface area contributed by atoms with Crippen molar-refractivity contribution >= 4 is 0 Å². The molecule has 2 N–H and O–H groups in total. The van der Waals surface area contributed by atoms with Crippen molar-refractivity contribution in [3.63, 3.8) is 0 Å². The van der Waals surface area contributed by atoms with Gasteiger partial charge in [-0.1, -0.05) is 13.0 Å². The van der Waals surface area contributed by atoms with E-state index in [2.05, 4.69) is 11.8 Å². The number of nitrogens with zero attached hydrogens (tertiary/aromatic N) is 1. The summed E-state index contributed by atoms with van der Waals surface area (Å²) < 4.78 is 5.48. The van der Waals surface area contributed by atoms with Crippen LogP contribution in [0.5, 0.6) is 11.5 Å². The molecule has 1 aromatic rings. The smallest absolute Gasteiger partial charge is 0.123 e. The number of aliphatic hydroxyl groups excluding tert-OH is 1. The fourth-order valence-electron chi connectivity index (χ4n) is 2.40. The number of phenolic OH excluding ortho intramolecular Hbond substituents is 1. The Bertz CT molecular complexity index is 408. The van der Waals surface area contributed by atoms with Crippen molar-refractivity contribution in [2.24, 2.45) is 0 Å². The fraction of sp³-hybridized carbons (Fsp3) is 0.600. The summed E-state index contributed by atoms with van der Waals surface area (Å²) in [6, 6.07) is 5.47. The molecule has 1 aromatic carbocycles. The largest absolute Gasteiger partial charge is 0.507 e. The number of hydrogen-bond acceptors (Lipinski definition) is 4. The highest BCUT2D eigenvalue weighted by Crippen LogP contribution is 2.26. The third-order valence-corrected chi connectivity index (χ3v) is 3.40. The minimum Gasteiger partial charge on any atom is -0.507 e. The molecule has 106 valence electrons. The Kier molecular flexibility index (Phi) is 5.05. The second-order valence-electron chi connectivity index (χ2n) is 5.17. The number of phenols is 1. The van der Waals surface area contributed by atoms with Crippen molar-refractivity contribution < 1.29 is 14.9 Å². The van der Waals surface area contributed by atoms with Crippen molar-refractivity contribution in [3.8, 4) is 11.5 Å². The zero-order valence-electron chi connectivity index (χ0n) is 11.5. The lowest BCUT2D eigenvalue weighted by Gasteiger charge is -2.30. The summed E-state index contributed by atoms with van der Waals surface area (Å²) in [7, 11) is 0. The molecule has 0 spiro atoms. The van der Waals surface area contributed by atoms with Crippen LogP contribution in [0.2, 0.25) is 0 Å². The van der Waals surface area contributed by atoms with Gasteiger partial charge in [0.05, 0.1) is 12.7 Å². The molecular weight excluding hydrogens is 242 g/mol. The molecule has 2 rings (SSSR count). The lowest BCUT2D eigenvalue weighted by Crippen LogP contribution is -2.37. The fourth-order valence-corrected chi connectivity index (χ4v) is 2.40. The highest BCUT2D eigenvalue weighted by Gasteiger charge is 2.18. The van der Waals surface area contributed by atoms with Gasteiger partial charge < -0.3 is 14.9 Å². The number of likely N-dealkylation sites (tertiary alicyclic amines) is 1. The first kappa shape index (κ1) is 14.2. The first-order valence-electron chi connectivity index (χ1n) is 7.04. The average molecular weight is 265 g/mol. The van der Waals surface area contributed by atoms with Crippen LogP contribution in [-0.2, 0) is 6.54 Å².